The molecule has 0 rings (SSSR count). The first-order valence-corrected chi connectivity index (χ1v) is 29.9. The standard InChI is InChI=1S/C64H99O11P/c1-4-7-10-13-16-19-22-25-28-30-33-35-38-41-44-47-50-53-62(66)71-57-61(75-64(68)55-52-49-46-43-40-37-34-31-29-26-23-20-17-14-11-8-5-2)59-73-76(69,70)72-58-60(56-65)74-63(67)54-51-48-45-42-39-36-32-27-24-21-18-15-12-9-6-3/h7-12,16-21,25-29,32-35,37,39,41-42,44,60-61,65H,4-6,13-15,22-24,30-31,36,38,40,43,45-59H2,1-3H3,(H,69,70)/b10-7-,11-8-,12-9-,19-16-,20-17-,21-18-,28-25-,29-26-,32-27-,35-33-,37-34-,42-39-,44-41-. The lowest BCUT2D eigenvalue weighted by Gasteiger charge is -2.21. The average Bonchev–Trinajstić information content (AvgIpc) is 3.41. The van der Waals surface area contributed by atoms with E-state index in [9.17, 15) is 28.9 Å². The molecule has 12 heteroatoms. The second-order valence-electron chi connectivity index (χ2n) is 18.0. The second-order valence-corrected chi connectivity index (χ2v) is 19.4. The zero-order valence-electron chi connectivity index (χ0n) is 46.9. The molecule has 0 aliphatic heterocycles. The number of carbonyl (C=O) groups is 3. The number of ether oxygens (including phenoxy) is 3. The average molecular weight is 1080 g/mol. The molecule has 0 spiro atoms. The van der Waals surface area contributed by atoms with E-state index in [1.165, 1.54) is 0 Å². The number of allylic oxidation sites excluding steroid dienone is 26. The highest BCUT2D eigenvalue weighted by atomic mass is 31.2. The molecule has 0 fully saturated rings. The Labute approximate surface area is 460 Å². The predicted molar refractivity (Wildman–Crippen MR) is 315 cm³/mol. The van der Waals surface area contributed by atoms with Gasteiger partial charge in [-0.25, -0.2) is 4.57 Å². The van der Waals surface area contributed by atoms with Gasteiger partial charge in [0.05, 0.1) is 19.8 Å². The van der Waals surface area contributed by atoms with E-state index in [-0.39, 0.29) is 25.9 Å². The number of hydrogen-bond donors (Lipinski definition) is 2. The Bertz CT molecular complexity index is 1880. The maximum Gasteiger partial charge on any atom is 0.472 e. The van der Waals surface area contributed by atoms with E-state index in [0.717, 1.165) is 122 Å². The molecular weight excluding hydrogens is 976 g/mol. The molecule has 0 amide bonds. The molecule has 2 N–H and O–H groups in total. The number of phosphoric ester groups is 1. The van der Waals surface area contributed by atoms with Crippen molar-refractivity contribution < 1.29 is 52.2 Å². The zero-order chi connectivity index (χ0) is 55.5. The first-order chi connectivity index (χ1) is 37.2. The third-order valence-electron chi connectivity index (χ3n) is 10.9. The molecule has 3 atom stereocenters. The van der Waals surface area contributed by atoms with Crippen molar-refractivity contribution in [1.82, 2.24) is 0 Å². The van der Waals surface area contributed by atoms with E-state index in [1.54, 1.807) is 0 Å². The molecule has 11 nitrogen and oxygen atoms in total. The normalized spacial score (nSPS) is 14.5. The van der Waals surface area contributed by atoms with Crippen molar-refractivity contribution >= 4 is 25.7 Å². The SMILES string of the molecule is CC/C=C\C/C=C\C/C=C\C/C=C\C/C=C\CCCC(=O)OCC(COP(=O)(O)OCC(CO)OC(=O)CCCC/C=C\C/C=C\C/C=C\C/C=C\CC)OC(=O)CCCCCC/C=C\C/C=C\C/C=C\C/C=C\CC. The van der Waals surface area contributed by atoms with Crippen LogP contribution in [0.1, 0.15) is 188 Å². The van der Waals surface area contributed by atoms with Crippen molar-refractivity contribution in [2.45, 2.75) is 200 Å². The largest absolute Gasteiger partial charge is 0.472 e. The van der Waals surface area contributed by atoms with Crippen molar-refractivity contribution in [3.05, 3.63) is 158 Å². The van der Waals surface area contributed by atoms with Gasteiger partial charge in [0.15, 0.2) is 6.10 Å². The molecule has 0 aromatic carbocycles. The molecular formula is C64H99O11P. The smallest absolute Gasteiger partial charge is 0.462 e. The molecule has 0 aliphatic carbocycles. The monoisotopic (exact) mass is 1070 g/mol. The van der Waals surface area contributed by atoms with Crippen molar-refractivity contribution in [2.24, 2.45) is 0 Å². The molecule has 76 heavy (non-hydrogen) atoms. The minimum Gasteiger partial charge on any atom is -0.462 e. The number of rotatable bonds is 50. The van der Waals surface area contributed by atoms with Crippen molar-refractivity contribution in [2.75, 3.05) is 26.4 Å². The summed E-state index contributed by atoms with van der Waals surface area (Å²) in [6.45, 7) is 4.13. The van der Waals surface area contributed by atoms with Crippen LogP contribution in [0.4, 0.5) is 0 Å². The van der Waals surface area contributed by atoms with Gasteiger partial charge in [-0.2, -0.15) is 0 Å². The molecule has 0 aromatic heterocycles. The van der Waals surface area contributed by atoms with Crippen LogP contribution in [0.3, 0.4) is 0 Å². The number of hydrogen-bond acceptors (Lipinski definition) is 10. The first-order valence-electron chi connectivity index (χ1n) is 28.4. The van der Waals surface area contributed by atoms with Crippen LogP contribution < -0.4 is 0 Å². The summed E-state index contributed by atoms with van der Waals surface area (Å²) >= 11 is 0. The minimum atomic E-state index is -4.79. The molecule has 0 aromatic rings. The molecule has 0 heterocycles. The van der Waals surface area contributed by atoms with E-state index in [1.807, 2.05) is 6.08 Å². The Hall–Kier alpha value is -4.90. The highest BCUT2D eigenvalue weighted by Gasteiger charge is 2.28. The first kappa shape index (κ1) is 71.1. The number of unbranched alkanes of at least 4 members (excludes halogenated alkanes) is 7. The van der Waals surface area contributed by atoms with Gasteiger partial charge in [-0.1, -0.05) is 192 Å². The van der Waals surface area contributed by atoms with E-state index in [0.29, 0.717) is 25.7 Å². The topological polar surface area (TPSA) is 155 Å². The van der Waals surface area contributed by atoms with Gasteiger partial charge in [0, 0.05) is 19.3 Å². The number of aliphatic hydroxyl groups is 1. The van der Waals surface area contributed by atoms with Crippen LogP contribution in [0.15, 0.2) is 158 Å². The van der Waals surface area contributed by atoms with Gasteiger partial charge in [-0.3, -0.25) is 23.4 Å². The molecule has 0 radical (unpaired) electrons. The Balaban J connectivity index is 4.93. The van der Waals surface area contributed by atoms with E-state index in [2.05, 4.69) is 173 Å². The van der Waals surface area contributed by atoms with E-state index in [4.69, 9.17) is 23.3 Å². The Morgan fingerprint density at radius 1 is 0.368 bits per heavy atom. The fourth-order valence-electron chi connectivity index (χ4n) is 6.72. The Morgan fingerprint density at radius 2 is 0.658 bits per heavy atom. The van der Waals surface area contributed by atoms with Gasteiger partial charge >= 0.3 is 25.7 Å². The Morgan fingerprint density at radius 3 is 1.04 bits per heavy atom. The lowest BCUT2D eigenvalue weighted by Crippen LogP contribution is -2.30. The summed E-state index contributed by atoms with van der Waals surface area (Å²) in [5.74, 6) is -1.63. The molecule has 0 aliphatic rings. The van der Waals surface area contributed by atoms with Gasteiger partial charge in [0.2, 0.25) is 0 Å². The van der Waals surface area contributed by atoms with Crippen LogP contribution in [-0.4, -0.2) is 66.5 Å². The number of aliphatic hydroxyl groups excluding tert-OH is 1. The zero-order valence-corrected chi connectivity index (χ0v) is 47.8. The maximum absolute atomic E-state index is 12.9. The molecule has 0 bridgehead atoms. The van der Waals surface area contributed by atoms with Gasteiger partial charge in [0.1, 0.15) is 12.7 Å². The molecule has 3 unspecified atom stereocenters. The summed E-state index contributed by atoms with van der Waals surface area (Å²) < 4.78 is 39.4. The lowest BCUT2D eigenvalue weighted by molar-refractivity contribution is -0.161. The van der Waals surface area contributed by atoms with Crippen LogP contribution in [0.5, 0.6) is 0 Å². The van der Waals surface area contributed by atoms with Crippen LogP contribution in [0, 0.1) is 0 Å². The van der Waals surface area contributed by atoms with Crippen LogP contribution in [0.2, 0.25) is 0 Å². The summed E-state index contributed by atoms with van der Waals surface area (Å²) in [4.78, 5) is 48.5. The van der Waals surface area contributed by atoms with Gasteiger partial charge in [-0.05, 0) is 135 Å². The predicted octanol–water partition coefficient (Wildman–Crippen LogP) is 16.9. The Kier molecular flexibility index (Phi) is 52.7. The molecule has 426 valence electrons. The third-order valence-corrected chi connectivity index (χ3v) is 11.9. The number of carbonyl (C=O) groups excluding carboxylic acids is 3. The highest BCUT2D eigenvalue weighted by Crippen LogP contribution is 2.43. The number of esters is 3. The summed E-state index contributed by atoms with van der Waals surface area (Å²) in [5.41, 5.74) is 0. The minimum absolute atomic E-state index is 0.110. The number of phosphoric acid groups is 1. The molecule has 0 saturated heterocycles. The van der Waals surface area contributed by atoms with Crippen molar-refractivity contribution in [1.29, 1.82) is 0 Å². The maximum atomic E-state index is 12.9. The van der Waals surface area contributed by atoms with Crippen molar-refractivity contribution in [3.8, 4) is 0 Å². The summed E-state index contributed by atoms with van der Waals surface area (Å²) in [6.07, 6.45) is 73.6. The quantitative estimate of drug-likeness (QED) is 0.0197. The lowest BCUT2D eigenvalue weighted by atomic mass is 10.1. The van der Waals surface area contributed by atoms with Gasteiger partial charge in [0.25, 0.3) is 0 Å². The van der Waals surface area contributed by atoms with E-state index < -0.39 is 57.8 Å². The fourth-order valence-corrected chi connectivity index (χ4v) is 7.51. The van der Waals surface area contributed by atoms with Crippen LogP contribution >= 0.6 is 7.82 Å². The summed E-state index contributed by atoms with van der Waals surface area (Å²) in [7, 11) is -4.79. The van der Waals surface area contributed by atoms with Gasteiger partial charge < -0.3 is 24.2 Å². The van der Waals surface area contributed by atoms with Crippen LogP contribution in [0.25, 0.3) is 0 Å². The second kappa shape index (κ2) is 56.3. The summed E-state index contributed by atoms with van der Waals surface area (Å²) in [5, 5.41) is 9.81. The molecule has 0 saturated carbocycles. The van der Waals surface area contributed by atoms with Gasteiger partial charge in [-0.15, -0.1) is 0 Å². The third kappa shape index (κ3) is 53.9. The van der Waals surface area contributed by atoms with Crippen LogP contribution in [-0.2, 0) is 42.2 Å². The van der Waals surface area contributed by atoms with E-state index >= 15 is 0 Å². The van der Waals surface area contributed by atoms with Crippen molar-refractivity contribution in [3.63, 3.8) is 0 Å². The fraction of sp³-hybridized carbons (Fsp3) is 0.547. The summed E-state index contributed by atoms with van der Waals surface area (Å²) in [6, 6.07) is 0. The highest BCUT2D eigenvalue weighted by molar-refractivity contribution is 7.47.